The fourth-order valence-corrected chi connectivity index (χ4v) is 0.326. The minimum absolute atomic E-state index is 0.479. The van der Waals surface area contributed by atoms with Crippen LogP contribution in [-0.4, -0.2) is 17.7 Å². The number of carboxylic acid groups (broad SMARTS) is 1. The molecule has 0 amide bonds. The van der Waals surface area contributed by atoms with E-state index in [2.05, 4.69) is 6.58 Å². The normalized spacial score (nSPS) is 9.60. The summed E-state index contributed by atoms with van der Waals surface area (Å²) in [6.07, 6.45) is 4.54. The molecule has 3 heteroatoms. The molecule has 3 nitrogen and oxygen atoms in total. The van der Waals surface area contributed by atoms with Crippen LogP contribution in [0.5, 0.6) is 0 Å². The highest BCUT2D eigenvalue weighted by Gasteiger charge is 1.83. The Labute approximate surface area is 59.6 Å². The summed E-state index contributed by atoms with van der Waals surface area (Å²) in [6.45, 7) is 3.95. The van der Waals surface area contributed by atoms with Crippen LogP contribution < -0.4 is 0 Å². The van der Waals surface area contributed by atoms with Gasteiger partial charge in [0.15, 0.2) is 0 Å². The SMILES string of the molecule is C=CCCO/C=C\C(=O)O. The summed E-state index contributed by atoms with van der Waals surface area (Å²) >= 11 is 0. The fraction of sp³-hybridized carbons (Fsp3) is 0.286. The zero-order valence-electron chi connectivity index (χ0n) is 5.62. The molecule has 0 atom stereocenters. The van der Waals surface area contributed by atoms with Gasteiger partial charge in [0.05, 0.1) is 18.9 Å². The predicted molar refractivity (Wildman–Crippen MR) is 37.5 cm³/mol. The Morgan fingerprint density at radius 2 is 2.40 bits per heavy atom. The van der Waals surface area contributed by atoms with Crippen molar-refractivity contribution in [1.29, 1.82) is 0 Å². The van der Waals surface area contributed by atoms with Crippen LogP contribution in [0.3, 0.4) is 0 Å². The molecule has 0 unspecified atom stereocenters. The van der Waals surface area contributed by atoms with Crippen molar-refractivity contribution in [3.05, 3.63) is 25.0 Å². The lowest BCUT2D eigenvalue weighted by Crippen LogP contribution is -1.89. The van der Waals surface area contributed by atoms with E-state index >= 15 is 0 Å². The summed E-state index contributed by atoms with van der Waals surface area (Å²) in [5.41, 5.74) is 0. The topological polar surface area (TPSA) is 46.5 Å². The number of rotatable bonds is 5. The third-order valence-electron chi connectivity index (χ3n) is 0.747. The van der Waals surface area contributed by atoms with E-state index in [4.69, 9.17) is 9.84 Å². The summed E-state index contributed by atoms with van der Waals surface area (Å²) in [6, 6.07) is 0. The molecular weight excluding hydrogens is 132 g/mol. The molecule has 0 fully saturated rings. The monoisotopic (exact) mass is 142 g/mol. The maximum atomic E-state index is 9.85. The molecule has 0 saturated heterocycles. The van der Waals surface area contributed by atoms with Crippen LogP contribution >= 0.6 is 0 Å². The summed E-state index contributed by atoms with van der Waals surface area (Å²) in [4.78, 5) is 9.85. The first-order valence-electron chi connectivity index (χ1n) is 2.89. The maximum absolute atomic E-state index is 9.85. The van der Waals surface area contributed by atoms with Gasteiger partial charge in [0, 0.05) is 0 Å². The van der Waals surface area contributed by atoms with Crippen LogP contribution in [0.2, 0.25) is 0 Å². The first kappa shape index (κ1) is 8.75. The second-order valence-corrected chi connectivity index (χ2v) is 1.59. The van der Waals surface area contributed by atoms with Gasteiger partial charge < -0.3 is 9.84 Å². The van der Waals surface area contributed by atoms with Gasteiger partial charge in [0.2, 0.25) is 0 Å². The lowest BCUT2D eigenvalue weighted by atomic mass is 10.5. The van der Waals surface area contributed by atoms with E-state index in [0.717, 1.165) is 18.8 Å². The van der Waals surface area contributed by atoms with Crippen LogP contribution in [0.25, 0.3) is 0 Å². The molecule has 0 saturated carbocycles. The number of aliphatic carboxylic acids is 1. The van der Waals surface area contributed by atoms with Crippen molar-refractivity contribution in [2.75, 3.05) is 6.61 Å². The largest absolute Gasteiger partial charge is 0.501 e. The third-order valence-corrected chi connectivity index (χ3v) is 0.747. The molecule has 0 spiro atoms. The molecule has 56 valence electrons. The quantitative estimate of drug-likeness (QED) is 0.271. The Bertz CT molecular complexity index is 138. The standard InChI is InChI=1S/C7H10O3/c1-2-3-5-10-6-4-7(8)9/h2,4,6H,1,3,5H2,(H,8,9)/b6-4-. The second kappa shape index (κ2) is 5.88. The van der Waals surface area contributed by atoms with Gasteiger partial charge in [-0.2, -0.15) is 0 Å². The van der Waals surface area contributed by atoms with Crippen molar-refractivity contribution >= 4 is 5.97 Å². The minimum Gasteiger partial charge on any atom is -0.501 e. The minimum atomic E-state index is -1.00. The molecule has 0 bridgehead atoms. The predicted octanol–water partition coefficient (Wildman–Crippen LogP) is 1.18. The Balaban J connectivity index is 3.18. The molecule has 0 aliphatic heterocycles. The van der Waals surface area contributed by atoms with Crippen molar-refractivity contribution < 1.29 is 14.6 Å². The molecule has 0 radical (unpaired) electrons. The van der Waals surface area contributed by atoms with Crippen LogP contribution in [0.15, 0.2) is 25.0 Å². The molecule has 0 aromatic carbocycles. The lowest BCUT2D eigenvalue weighted by molar-refractivity contribution is -0.131. The highest BCUT2D eigenvalue weighted by Crippen LogP contribution is 1.83. The molecular formula is C7H10O3. The van der Waals surface area contributed by atoms with Crippen LogP contribution in [0, 0.1) is 0 Å². The number of hydrogen-bond donors (Lipinski definition) is 1. The molecule has 1 N–H and O–H groups in total. The van der Waals surface area contributed by atoms with Crippen LogP contribution in [0.4, 0.5) is 0 Å². The van der Waals surface area contributed by atoms with E-state index < -0.39 is 5.97 Å². The number of hydrogen-bond acceptors (Lipinski definition) is 2. The molecule has 0 aromatic heterocycles. The average Bonchev–Trinajstić information content (AvgIpc) is 1.87. The van der Waals surface area contributed by atoms with Crippen LogP contribution in [0.1, 0.15) is 6.42 Å². The number of ether oxygens (including phenoxy) is 1. The first-order chi connectivity index (χ1) is 4.77. The fourth-order valence-electron chi connectivity index (χ4n) is 0.326. The molecule has 0 rings (SSSR count). The maximum Gasteiger partial charge on any atom is 0.331 e. The highest BCUT2D eigenvalue weighted by molar-refractivity contribution is 5.79. The number of carboxylic acids is 1. The molecule has 10 heavy (non-hydrogen) atoms. The first-order valence-corrected chi connectivity index (χ1v) is 2.89. The summed E-state index contributed by atoms with van der Waals surface area (Å²) in [5.74, 6) is -1.00. The highest BCUT2D eigenvalue weighted by atomic mass is 16.5. The van der Waals surface area contributed by atoms with Crippen molar-refractivity contribution in [3.63, 3.8) is 0 Å². The smallest absolute Gasteiger partial charge is 0.331 e. The van der Waals surface area contributed by atoms with Gasteiger partial charge in [-0.05, 0) is 6.42 Å². The summed E-state index contributed by atoms with van der Waals surface area (Å²) in [5, 5.41) is 8.08. The Kier molecular flexibility index (Phi) is 5.14. The van der Waals surface area contributed by atoms with Crippen molar-refractivity contribution in [1.82, 2.24) is 0 Å². The Morgan fingerprint density at radius 1 is 1.70 bits per heavy atom. The van der Waals surface area contributed by atoms with E-state index in [1.54, 1.807) is 6.08 Å². The van der Waals surface area contributed by atoms with E-state index in [9.17, 15) is 4.79 Å². The average molecular weight is 142 g/mol. The van der Waals surface area contributed by atoms with Crippen LogP contribution in [-0.2, 0) is 9.53 Å². The van der Waals surface area contributed by atoms with Gasteiger partial charge in [-0.3, -0.25) is 0 Å². The zero-order valence-corrected chi connectivity index (χ0v) is 5.62. The van der Waals surface area contributed by atoms with Gasteiger partial charge in [-0.25, -0.2) is 4.79 Å². The van der Waals surface area contributed by atoms with E-state index in [-0.39, 0.29) is 0 Å². The van der Waals surface area contributed by atoms with E-state index in [0.29, 0.717) is 6.61 Å². The van der Waals surface area contributed by atoms with Gasteiger partial charge in [0.25, 0.3) is 0 Å². The van der Waals surface area contributed by atoms with Gasteiger partial charge in [-0.15, -0.1) is 6.58 Å². The van der Waals surface area contributed by atoms with Crippen molar-refractivity contribution in [2.24, 2.45) is 0 Å². The number of carbonyl (C=O) groups is 1. The van der Waals surface area contributed by atoms with Gasteiger partial charge in [0.1, 0.15) is 0 Å². The van der Waals surface area contributed by atoms with E-state index in [1.807, 2.05) is 0 Å². The Morgan fingerprint density at radius 3 is 2.90 bits per heavy atom. The molecule has 0 heterocycles. The third kappa shape index (κ3) is 6.75. The Hall–Kier alpha value is -1.25. The molecule has 0 aliphatic rings. The van der Waals surface area contributed by atoms with Crippen molar-refractivity contribution in [2.45, 2.75) is 6.42 Å². The zero-order chi connectivity index (χ0) is 7.82. The lowest BCUT2D eigenvalue weighted by Gasteiger charge is -1.93. The van der Waals surface area contributed by atoms with Crippen molar-refractivity contribution in [3.8, 4) is 0 Å². The van der Waals surface area contributed by atoms with Gasteiger partial charge in [-0.1, -0.05) is 6.08 Å². The summed E-state index contributed by atoms with van der Waals surface area (Å²) < 4.78 is 4.75. The molecule has 0 aliphatic carbocycles. The second-order valence-electron chi connectivity index (χ2n) is 1.59. The summed E-state index contributed by atoms with van der Waals surface area (Å²) in [7, 11) is 0. The van der Waals surface area contributed by atoms with E-state index in [1.165, 1.54) is 0 Å². The molecule has 0 aromatic rings. The van der Waals surface area contributed by atoms with Gasteiger partial charge >= 0.3 is 5.97 Å².